The Balaban J connectivity index is 2.43. The van der Waals surface area contributed by atoms with Crippen molar-refractivity contribution in [3.05, 3.63) is 58.6 Å². The highest BCUT2D eigenvalue weighted by molar-refractivity contribution is 6.33. The highest BCUT2D eigenvalue weighted by atomic mass is 35.5. The molecule has 162 valence electrons. The highest BCUT2D eigenvalue weighted by Crippen LogP contribution is 2.27. The molecule has 2 amide bonds. The quantitative estimate of drug-likeness (QED) is 0.607. The van der Waals surface area contributed by atoms with Crippen LogP contribution in [0.25, 0.3) is 0 Å². The molecule has 0 radical (unpaired) electrons. The Morgan fingerprint density at radius 2 is 1.73 bits per heavy atom. The minimum absolute atomic E-state index is 0.0256. The molecule has 30 heavy (non-hydrogen) atoms. The second-order valence-electron chi connectivity index (χ2n) is 8.05. The molecule has 0 aliphatic heterocycles. The number of halogens is 1. The Bertz CT molecular complexity index is 896. The summed E-state index contributed by atoms with van der Waals surface area (Å²) in [5, 5.41) is 3.40. The molecule has 1 N–H and O–H groups in total. The third-order valence-corrected chi connectivity index (χ3v) is 5.51. The van der Waals surface area contributed by atoms with Crippen LogP contribution in [0.15, 0.2) is 42.5 Å². The molecule has 1 atom stereocenters. The van der Waals surface area contributed by atoms with E-state index in [1.165, 1.54) is 0 Å². The van der Waals surface area contributed by atoms with Crippen molar-refractivity contribution < 1.29 is 9.59 Å². The van der Waals surface area contributed by atoms with Crippen molar-refractivity contribution in [1.29, 1.82) is 0 Å². The Labute approximate surface area is 185 Å². The van der Waals surface area contributed by atoms with E-state index >= 15 is 0 Å². The highest BCUT2D eigenvalue weighted by Gasteiger charge is 2.24. The fraction of sp³-hybridized carbons (Fsp3) is 0.417. The average Bonchev–Trinajstić information content (AvgIpc) is 2.71. The fourth-order valence-electron chi connectivity index (χ4n) is 3.13. The number of hydrogen-bond acceptors (Lipinski definition) is 3. The van der Waals surface area contributed by atoms with Gasteiger partial charge in [0.2, 0.25) is 5.91 Å². The monoisotopic (exact) mass is 429 g/mol. The third kappa shape index (κ3) is 5.76. The van der Waals surface area contributed by atoms with Crippen LogP contribution in [0, 0.1) is 5.92 Å². The molecule has 0 bridgehead atoms. The summed E-state index contributed by atoms with van der Waals surface area (Å²) in [7, 11) is 3.93. The summed E-state index contributed by atoms with van der Waals surface area (Å²) in [6.45, 7) is 8.23. The van der Waals surface area contributed by atoms with Crippen molar-refractivity contribution in [1.82, 2.24) is 4.90 Å². The molecule has 0 unspecified atom stereocenters. The molecule has 0 aromatic heterocycles. The van der Waals surface area contributed by atoms with Gasteiger partial charge in [0.15, 0.2) is 0 Å². The maximum Gasteiger partial charge on any atom is 0.255 e. The van der Waals surface area contributed by atoms with Gasteiger partial charge in [0.05, 0.1) is 10.6 Å². The fourth-order valence-corrected chi connectivity index (χ4v) is 3.35. The summed E-state index contributed by atoms with van der Waals surface area (Å²) < 4.78 is 0. The van der Waals surface area contributed by atoms with E-state index in [1.807, 2.05) is 75.0 Å². The Kier molecular flexibility index (Phi) is 8.30. The number of benzene rings is 2. The normalized spacial score (nSPS) is 11.9. The summed E-state index contributed by atoms with van der Waals surface area (Å²) in [5.74, 6) is -0.249. The van der Waals surface area contributed by atoms with Gasteiger partial charge in [0.1, 0.15) is 0 Å². The van der Waals surface area contributed by atoms with Crippen LogP contribution < -0.4 is 10.2 Å². The standard InChI is InChI=1S/C24H32ClN3O2/c1-7-17(4)28(24(30)20-10-8-9-11-21(20)25)15-18-14-19(26-23(29)16(2)3)12-13-22(18)27(5)6/h8-14,16-17H,7,15H2,1-6H3,(H,26,29)/t17-/m1/s1. The predicted octanol–water partition coefficient (Wildman–Crippen LogP) is 5.44. The summed E-state index contributed by atoms with van der Waals surface area (Å²) in [4.78, 5) is 29.4. The lowest BCUT2D eigenvalue weighted by Crippen LogP contribution is -2.38. The molecule has 2 aromatic carbocycles. The zero-order valence-electron chi connectivity index (χ0n) is 18.7. The van der Waals surface area contributed by atoms with E-state index in [4.69, 9.17) is 11.6 Å². The van der Waals surface area contributed by atoms with E-state index in [0.717, 1.165) is 23.4 Å². The number of nitrogens with zero attached hydrogens (tertiary/aromatic N) is 2. The second-order valence-corrected chi connectivity index (χ2v) is 8.46. The molecule has 5 nitrogen and oxygen atoms in total. The zero-order valence-corrected chi connectivity index (χ0v) is 19.5. The van der Waals surface area contributed by atoms with Gasteiger partial charge < -0.3 is 15.1 Å². The van der Waals surface area contributed by atoms with Crippen LogP contribution in [0.2, 0.25) is 5.02 Å². The van der Waals surface area contributed by atoms with Gasteiger partial charge in [-0.2, -0.15) is 0 Å². The minimum atomic E-state index is -0.111. The molecule has 6 heteroatoms. The van der Waals surface area contributed by atoms with E-state index in [0.29, 0.717) is 17.1 Å². The van der Waals surface area contributed by atoms with E-state index in [-0.39, 0.29) is 23.8 Å². The maximum absolute atomic E-state index is 13.4. The molecule has 0 aliphatic carbocycles. The van der Waals surface area contributed by atoms with Crippen molar-refractivity contribution >= 4 is 34.8 Å². The molecule has 0 heterocycles. The topological polar surface area (TPSA) is 52.7 Å². The van der Waals surface area contributed by atoms with Crippen LogP contribution in [-0.4, -0.2) is 36.9 Å². The van der Waals surface area contributed by atoms with Crippen molar-refractivity contribution in [2.24, 2.45) is 5.92 Å². The predicted molar refractivity (Wildman–Crippen MR) is 125 cm³/mol. The van der Waals surface area contributed by atoms with Crippen LogP contribution in [0.3, 0.4) is 0 Å². The van der Waals surface area contributed by atoms with Crippen molar-refractivity contribution in [3.63, 3.8) is 0 Å². The van der Waals surface area contributed by atoms with Crippen LogP contribution in [0.1, 0.15) is 50.0 Å². The molecule has 2 rings (SSSR count). The first-order valence-electron chi connectivity index (χ1n) is 10.3. The number of carbonyl (C=O) groups excluding carboxylic acids is 2. The molecular formula is C24H32ClN3O2. The first-order valence-corrected chi connectivity index (χ1v) is 10.7. The summed E-state index contributed by atoms with van der Waals surface area (Å²) >= 11 is 6.30. The lowest BCUT2D eigenvalue weighted by atomic mass is 10.1. The molecular weight excluding hydrogens is 398 g/mol. The summed E-state index contributed by atoms with van der Waals surface area (Å²) in [6, 6.07) is 13.0. The van der Waals surface area contributed by atoms with E-state index in [2.05, 4.69) is 12.2 Å². The lowest BCUT2D eigenvalue weighted by molar-refractivity contribution is -0.118. The summed E-state index contributed by atoms with van der Waals surface area (Å²) in [6.07, 6.45) is 0.817. The molecule has 0 fully saturated rings. The second kappa shape index (κ2) is 10.5. The van der Waals surface area contributed by atoms with Gasteiger partial charge in [0.25, 0.3) is 5.91 Å². The van der Waals surface area contributed by atoms with Crippen LogP contribution in [0.5, 0.6) is 0 Å². The van der Waals surface area contributed by atoms with Crippen molar-refractivity contribution in [2.45, 2.75) is 46.7 Å². The van der Waals surface area contributed by atoms with Crippen LogP contribution >= 0.6 is 11.6 Å². The Morgan fingerprint density at radius 3 is 2.30 bits per heavy atom. The van der Waals surface area contributed by atoms with E-state index in [1.54, 1.807) is 12.1 Å². The summed E-state index contributed by atoms with van der Waals surface area (Å²) in [5.41, 5.74) is 3.18. The van der Waals surface area contributed by atoms with E-state index in [9.17, 15) is 9.59 Å². The van der Waals surface area contributed by atoms with Gasteiger partial charge in [-0.25, -0.2) is 0 Å². The van der Waals surface area contributed by atoms with Crippen LogP contribution in [0.4, 0.5) is 11.4 Å². The average molecular weight is 430 g/mol. The number of amides is 2. The zero-order chi connectivity index (χ0) is 22.4. The number of anilines is 2. The Hall–Kier alpha value is -2.53. The number of carbonyl (C=O) groups is 2. The van der Waals surface area contributed by atoms with E-state index < -0.39 is 0 Å². The first kappa shape index (κ1) is 23.7. The number of hydrogen-bond donors (Lipinski definition) is 1. The molecule has 0 saturated heterocycles. The van der Waals surface area contributed by atoms with Gasteiger partial charge in [-0.1, -0.05) is 44.5 Å². The van der Waals surface area contributed by atoms with Crippen LogP contribution in [-0.2, 0) is 11.3 Å². The van der Waals surface area contributed by atoms with Gasteiger partial charge in [-0.05, 0) is 49.2 Å². The smallest absolute Gasteiger partial charge is 0.255 e. The number of rotatable bonds is 8. The largest absolute Gasteiger partial charge is 0.377 e. The molecule has 0 saturated carbocycles. The molecule has 2 aromatic rings. The van der Waals surface area contributed by atoms with Gasteiger partial charge in [-0.3, -0.25) is 9.59 Å². The van der Waals surface area contributed by atoms with Gasteiger partial charge in [-0.15, -0.1) is 0 Å². The van der Waals surface area contributed by atoms with Gasteiger partial charge >= 0.3 is 0 Å². The lowest BCUT2D eigenvalue weighted by Gasteiger charge is -2.31. The maximum atomic E-state index is 13.4. The molecule has 0 aliphatic rings. The molecule has 0 spiro atoms. The minimum Gasteiger partial charge on any atom is -0.377 e. The van der Waals surface area contributed by atoms with Crippen molar-refractivity contribution in [2.75, 3.05) is 24.3 Å². The number of nitrogens with one attached hydrogen (secondary N) is 1. The third-order valence-electron chi connectivity index (χ3n) is 5.18. The van der Waals surface area contributed by atoms with Gasteiger partial charge in [0, 0.05) is 44.0 Å². The van der Waals surface area contributed by atoms with Crippen molar-refractivity contribution in [3.8, 4) is 0 Å². The first-order chi connectivity index (χ1) is 14.1. The Morgan fingerprint density at radius 1 is 1.07 bits per heavy atom. The SMILES string of the molecule is CC[C@@H](C)N(Cc1cc(NC(=O)C(C)C)ccc1N(C)C)C(=O)c1ccccc1Cl.